The van der Waals surface area contributed by atoms with E-state index in [1.165, 1.54) is 35.9 Å². The summed E-state index contributed by atoms with van der Waals surface area (Å²) in [6, 6.07) is 19.8. The maximum atomic E-state index is 10.7. The van der Waals surface area contributed by atoms with E-state index in [0.29, 0.717) is 19.1 Å². The summed E-state index contributed by atoms with van der Waals surface area (Å²) in [5, 5.41) is 14.0. The SMILES string of the molecule is OC(CNc1cc(-c2ccc3ncn(C4CCC4)c3c2)ccn1)CN1CCc2ccccc2C1. The van der Waals surface area contributed by atoms with Gasteiger partial charge >= 0.3 is 0 Å². The number of aliphatic hydroxyl groups is 1. The van der Waals surface area contributed by atoms with Crippen molar-refractivity contribution in [3.05, 3.63) is 78.2 Å². The van der Waals surface area contributed by atoms with E-state index in [4.69, 9.17) is 0 Å². The zero-order valence-corrected chi connectivity index (χ0v) is 19.4. The molecule has 1 aliphatic heterocycles. The lowest BCUT2D eigenvalue weighted by atomic mass is 9.93. The summed E-state index contributed by atoms with van der Waals surface area (Å²) in [5.74, 6) is 0.785. The molecule has 1 unspecified atom stereocenters. The van der Waals surface area contributed by atoms with Crippen LogP contribution in [0.1, 0.15) is 36.4 Å². The van der Waals surface area contributed by atoms with Crippen molar-refractivity contribution in [2.24, 2.45) is 0 Å². The van der Waals surface area contributed by atoms with E-state index >= 15 is 0 Å². The van der Waals surface area contributed by atoms with E-state index in [9.17, 15) is 5.11 Å². The van der Waals surface area contributed by atoms with Gasteiger partial charge in [-0.1, -0.05) is 30.3 Å². The summed E-state index contributed by atoms with van der Waals surface area (Å²) in [4.78, 5) is 11.4. The highest BCUT2D eigenvalue weighted by molar-refractivity contribution is 5.82. The average Bonchev–Trinajstić information content (AvgIpc) is 3.24. The van der Waals surface area contributed by atoms with Gasteiger partial charge in [-0.25, -0.2) is 9.97 Å². The van der Waals surface area contributed by atoms with Crippen molar-refractivity contribution in [3.63, 3.8) is 0 Å². The third-order valence-electron chi connectivity index (χ3n) is 7.33. The van der Waals surface area contributed by atoms with Gasteiger partial charge in [-0.3, -0.25) is 4.90 Å². The van der Waals surface area contributed by atoms with Crippen molar-refractivity contribution in [2.75, 3.05) is 25.0 Å². The fraction of sp³-hybridized carbons (Fsp3) is 0.357. The number of anilines is 1. The zero-order valence-electron chi connectivity index (χ0n) is 19.4. The molecule has 0 radical (unpaired) electrons. The second kappa shape index (κ2) is 9.20. The summed E-state index contributed by atoms with van der Waals surface area (Å²) >= 11 is 0. The molecule has 2 aliphatic rings. The van der Waals surface area contributed by atoms with E-state index < -0.39 is 6.10 Å². The monoisotopic (exact) mass is 453 g/mol. The molecule has 0 amide bonds. The van der Waals surface area contributed by atoms with Crippen molar-refractivity contribution in [2.45, 2.75) is 44.4 Å². The van der Waals surface area contributed by atoms with Gasteiger partial charge in [0.05, 0.1) is 23.5 Å². The minimum absolute atomic E-state index is 0.455. The number of benzene rings is 2. The highest BCUT2D eigenvalue weighted by Crippen LogP contribution is 2.35. The van der Waals surface area contributed by atoms with Crippen molar-refractivity contribution in [1.82, 2.24) is 19.4 Å². The lowest BCUT2D eigenvalue weighted by molar-refractivity contribution is 0.114. The first kappa shape index (κ1) is 21.3. The summed E-state index contributed by atoms with van der Waals surface area (Å²) < 4.78 is 2.33. The minimum Gasteiger partial charge on any atom is -0.390 e. The number of hydrogen-bond acceptors (Lipinski definition) is 5. The molecule has 1 atom stereocenters. The number of aromatic nitrogens is 3. The van der Waals surface area contributed by atoms with Gasteiger partial charge in [0.15, 0.2) is 0 Å². The molecule has 3 heterocycles. The van der Waals surface area contributed by atoms with Gasteiger partial charge in [0.25, 0.3) is 0 Å². The Labute approximate surface area is 200 Å². The average molecular weight is 454 g/mol. The molecule has 2 aromatic carbocycles. The van der Waals surface area contributed by atoms with Crippen LogP contribution in [0.15, 0.2) is 67.1 Å². The van der Waals surface area contributed by atoms with Crippen LogP contribution in [0.5, 0.6) is 0 Å². The molecule has 4 aromatic rings. The number of fused-ring (bicyclic) bond motifs is 2. The van der Waals surface area contributed by atoms with Gasteiger partial charge in [-0.05, 0) is 72.2 Å². The van der Waals surface area contributed by atoms with Gasteiger partial charge in [0.1, 0.15) is 5.82 Å². The first-order chi connectivity index (χ1) is 16.7. The first-order valence-corrected chi connectivity index (χ1v) is 12.4. The number of hydrogen-bond donors (Lipinski definition) is 2. The van der Waals surface area contributed by atoms with Crippen LogP contribution in [0.3, 0.4) is 0 Å². The van der Waals surface area contributed by atoms with Crippen molar-refractivity contribution in [3.8, 4) is 11.1 Å². The molecular formula is C28H31N5O. The molecule has 2 N–H and O–H groups in total. The summed E-state index contributed by atoms with van der Waals surface area (Å²) in [5.41, 5.74) is 7.33. The third kappa shape index (κ3) is 4.31. The molecule has 34 heavy (non-hydrogen) atoms. The van der Waals surface area contributed by atoms with Crippen LogP contribution < -0.4 is 5.32 Å². The van der Waals surface area contributed by atoms with Gasteiger partial charge < -0.3 is 15.0 Å². The lowest BCUT2D eigenvalue weighted by Crippen LogP contribution is -2.39. The first-order valence-electron chi connectivity index (χ1n) is 12.4. The van der Waals surface area contributed by atoms with Crippen LogP contribution in [0.4, 0.5) is 5.82 Å². The quantitative estimate of drug-likeness (QED) is 0.426. The molecule has 0 spiro atoms. The van der Waals surface area contributed by atoms with Crippen molar-refractivity contribution >= 4 is 16.9 Å². The molecule has 1 aliphatic carbocycles. The van der Waals surface area contributed by atoms with Crippen LogP contribution in [-0.2, 0) is 13.0 Å². The smallest absolute Gasteiger partial charge is 0.126 e. The van der Waals surface area contributed by atoms with E-state index in [0.717, 1.165) is 42.0 Å². The number of imidazole rings is 1. The number of rotatable bonds is 7. The van der Waals surface area contributed by atoms with Gasteiger partial charge in [0.2, 0.25) is 0 Å². The summed E-state index contributed by atoms with van der Waals surface area (Å²) in [6.07, 6.45) is 8.20. The molecule has 6 rings (SSSR count). The van der Waals surface area contributed by atoms with Gasteiger partial charge in [-0.2, -0.15) is 0 Å². The second-order valence-electron chi connectivity index (χ2n) is 9.66. The Morgan fingerprint density at radius 3 is 2.71 bits per heavy atom. The maximum absolute atomic E-state index is 10.7. The second-order valence-corrected chi connectivity index (χ2v) is 9.66. The Morgan fingerprint density at radius 2 is 1.85 bits per heavy atom. The number of aliphatic hydroxyl groups excluding tert-OH is 1. The number of pyridine rings is 1. The van der Waals surface area contributed by atoms with Crippen LogP contribution in [0.25, 0.3) is 22.2 Å². The van der Waals surface area contributed by atoms with Gasteiger partial charge in [-0.15, -0.1) is 0 Å². The summed E-state index contributed by atoms with van der Waals surface area (Å²) in [6.45, 7) is 3.02. The third-order valence-corrected chi connectivity index (χ3v) is 7.33. The normalized spacial score (nSPS) is 17.3. The largest absolute Gasteiger partial charge is 0.390 e. The van der Waals surface area contributed by atoms with Gasteiger partial charge in [0, 0.05) is 38.4 Å². The lowest BCUT2D eigenvalue weighted by Gasteiger charge is -2.30. The Kier molecular flexibility index (Phi) is 5.77. The highest BCUT2D eigenvalue weighted by atomic mass is 16.3. The summed E-state index contributed by atoms with van der Waals surface area (Å²) in [7, 11) is 0. The molecular weight excluding hydrogens is 422 g/mol. The molecule has 6 heteroatoms. The standard InChI is InChI=1S/C28H31N5O/c34-25(18-32-13-11-20-4-1-2-5-23(20)17-32)16-30-28-15-22(10-12-29-28)21-8-9-26-27(14-21)33(19-31-26)24-6-3-7-24/h1-2,4-5,8-10,12,14-15,19,24-25,34H,3,6-7,11,13,16-18H2,(H,29,30). The van der Waals surface area contributed by atoms with Crippen LogP contribution in [0, 0.1) is 0 Å². The fourth-order valence-corrected chi connectivity index (χ4v) is 5.16. The van der Waals surface area contributed by atoms with E-state index in [-0.39, 0.29) is 0 Å². The van der Waals surface area contributed by atoms with E-state index in [1.54, 1.807) is 0 Å². The predicted octanol–water partition coefficient (Wildman–Crippen LogP) is 4.65. The van der Waals surface area contributed by atoms with E-state index in [1.807, 2.05) is 18.6 Å². The molecule has 1 saturated carbocycles. The van der Waals surface area contributed by atoms with Crippen LogP contribution >= 0.6 is 0 Å². The molecule has 6 nitrogen and oxygen atoms in total. The Bertz CT molecular complexity index is 1290. The Morgan fingerprint density at radius 1 is 1.00 bits per heavy atom. The van der Waals surface area contributed by atoms with Crippen molar-refractivity contribution < 1.29 is 5.11 Å². The number of β-amino-alcohol motifs (C(OH)–C–C–N with tert-alkyl or cyclic N) is 1. The Hall–Kier alpha value is -3.22. The molecule has 2 aromatic heterocycles. The fourth-order valence-electron chi connectivity index (χ4n) is 5.16. The number of nitrogens with zero attached hydrogens (tertiary/aromatic N) is 4. The Balaban J connectivity index is 1.10. The maximum Gasteiger partial charge on any atom is 0.126 e. The topological polar surface area (TPSA) is 66.2 Å². The number of nitrogens with one attached hydrogen (secondary N) is 1. The van der Waals surface area contributed by atoms with E-state index in [2.05, 4.69) is 73.3 Å². The van der Waals surface area contributed by atoms with Crippen molar-refractivity contribution in [1.29, 1.82) is 0 Å². The minimum atomic E-state index is -0.455. The zero-order chi connectivity index (χ0) is 22.9. The molecule has 174 valence electrons. The predicted molar refractivity (Wildman–Crippen MR) is 136 cm³/mol. The molecule has 0 saturated heterocycles. The molecule has 1 fully saturated rings. The van der Waals surface area contributed by atoms with Crippen LogP contribution in [0.2, 0.25) is 0 Å². The van der Waals surface area contributed by atoms with Crippen LogP contribution in [-0.4, -0.2) is 50.3 Å². The highest BCUT2D eigenvalue weighted by Gasteiger charge is 2.21. The molecule has 0 bridgehead atoms.